The molecular formula is C12H13N3O4. The van der Waals surface area contributed by atoms with Crippen molar-refractivity contribution in [2.24, 2.45) is 0 Å². The van der Waals surface area contributed by atoms with Crippen LogP contribution in [0.5, 0.6) is 5.88 Å². The van der Waals surface area contributed by atoms with Gasteiger partial charge in [0.1, 0.15) is 6.26 Å². The van der Waals surface area contributed by atoms with E-state index in [4.69, 9.17) is 9.15 Å². The summed E-state index contributed by atoms with van der Waals surface area (Å²) in [5, 5.41) is 0. The molecule has 0 aliphatic carbocycles. The highest BCUT2D eigenvalue weighted by Gasteiger charge is 2.16. The predicted octanol–water partition coefficient (Wildman–Crippen LogP) is 1.70. The Morgan fingerprint density at radius 1 is 1.42 bits per heavy atom. The van der Waals surface area contributed by atoms with Crippen LogP contribution < -0.4 is 4.74 Å². The number of aromatic nitrogens is 3. The SMILES string of the molecule is COC(=O)c1ncc(OC(C)c2ncco2)nc1C. The van der Waals surface area contributed by atoms with Crippen molar-refractivity contribution in [1.29, 1.82) is 0 Å². The first kappa shape index (κ1) is 13.0. The summed E-state index contributed by atoms with van der Waals surface area (Å²) in [6, 6.07) is 0. The molecule has 0 aromatic carbocycles. The van der Waals surface area contributed by atoms with Crippen molar-refractivity contribution in [2.75, 3.05) is 7.11 Å². The number of hydrogen-bond donors (Lipinski definition) is 0. The maximum absolute atomic E-state index is 11.4. The maximum Gasteiger partial charge on any atom is 0.358 e. The van der Waals surface area contributed by atoms with Gasteiger partial charge in [0.2, 0.25) is 11.8 Å². The van der Waals surface area contributed by atoms with Crippen LogP contribution in [-0.2, 0) is 4.74 Å². The Balaban J connectivity index is 2.14. The predicted molar refractivity (Wildman–Crippen MR) is 63.7 cm³/mol. The quantitative estimate of drug-likeness (QED) is 0.775. The van der Waals surface area contributed by atoms with E-state index in [0.29, 0.717) is 11.6 Å². The van der Waals surface area contributed by atoms with E-state index in [0.717, 1.165) is 0 Å². The number of carbonyl (C=O) groups excluding carboxylic acids is 1. The van der Waals surface area contributed by atoms with Gasteiger partial charge in [-0.05, 0) is 13.8 Å². The third kappa shape index (κ3) is 2.87. The maximum atomic E-state index is 11.4. The molecule has 2 rings (SSSR count). The molecule has 100 valence electrons. The highest BCUT2D eigenvalue weighted by molar-refractivity contribution is 5.88. The highest BCUT2D eigenvalue weighted by atomic mass is 16.5. The van der Waals surface area contributed by atoms with Gasteiger partial charge < -0.3 is 13.9 Å². The van der Waals surface area contributed by atoms with Gasteiger partial charge in [-0.25, -0.2) is 19.7 Å². The largest absolute Gasteiger partial charge is 0.464 e. The Morgan fingerprint density at radius 3 is 2.79 bits per heavy atom. The normalized spacial score (nSPS) is 11.9. The molecule has 0 aliphatic heterocycles. The van der Waals surface area contributed by atoms with Crippen molar-refractivity contribution in [3.05, 3.63) is 35.9 Å². The molecule has 0 aliphatic rings. The van der Waals surface area contributed by atoms with E-state index in [-0.39, 0.29) is 11.6 Å². The summed E-state index contributed by atoms with van der Waals surface area (Å²) < 4.78 is 15.2. The Morgan fingerprint density at radius 2 is 2.21 bits per heavy atom. The second-order valence-electron chi connectivity index (χ2n) is 3.76. The van der Waals surface area contributed by atoms with Crippen LogP contribution in [0.2, 0.25) is 0 Å². The topological polar surface area (TPSA) is 87.3 Å². The number of nitrogens with zero attached hydrogens (tertiary/aromatic N) is 3. The molecule has 0 N–H and O–H groups in total. The van der Waals surface area contributed by atoms with Crippen LogP contribution in [0.3, 0.4) is 0 Å². The van der Waals surface area contributed by atoms with Crippen LogP contribution in [0.1, 0.15) is 35.1 Å². The minimum atomic E-state index is -0.530. The third-order valence-corrected chi connectivity index (χ3v) is 2.40. The van der Waals surface area contributed by atoms with E-state index in [1.54, 1.807) is 13.8 Å². The third-order valence-electron chi connectivity index (χ3n) is 2.40. The summed E-state index contributed by atoms with van der Waals surface area (Å²) >= 11 is 0. The lowest BCUT2D eigenvalue weighted by molar-refractivity contribution is 0.0592. The molecule has 1 atom stereocenters. The zero-order valence-electron chi connectivity index (χ0n) is 10.8. The van der Waals surface area contributed by atoms with Crippen LogP contribution >= 0.6 is 0 Å². The average Bonchev–Trinajstić information content (AvgIpc) is 2.92. The highest BCUT2D eigenvalue weighted by Crippen LogP contribution is 2.18. The Bertz CT molecular complexity index is 568. The van der Waals surface area contributed by atoms with Crippen LogP contribution in [0.25, 0.3) is 0 Å². The molecule has 0 saturated carbocycles. The van der Waals surface area contributed by atoms with Crippen molar-refractivity contribution in [2.45, 2.75) is 20.0 Å². The molecule has 19 heavy (non-hydrogen) atoms. The number of rotatable bonds is 4. The van der Waals surface area contributed by atoms with Gasteiger partial charge in [-0.3, -0.25) is 0 Å². The van der Waals surface area contributed by atoms with Crippen molar-refractivity contribution in [3.63, 3.8) is 0 Å². The van der Waals surface area contributed by atoms with E-state index in [9.17, 15) is 4.79 Å². The number of oxazole rings is 1. The van der Waals surface area contributed by atoms with Gasteiger partial charge >= 0.3 is 5.97 Å². The Hall–Kier alpha value is -2.44. The lowest BCUT2D eigenvalue weighted by Gasteiger charge is -2.11. The molecule has 7 nitrogen and oxygen atoms in total. The van der Waals surface area contributed by atoms with Crippen molar-refractivity contribution in [3.8, 4) is 5.88 Å². The first-order valence-corrected chi connectivity index (χ1v) is 5.60. The van der Waals surface area contributed by atoms with Crippen molar-refractivity contribution < 1.29 is 18.7 Å². The van der Waals surface area contributed by atoms with Gasteiger partial charge in [-0.2, -0.15) is 0 Å². The van der Waals surface area contributed by atoms with Crippen LogP contribution in [0.4, 0.5) is 0 Å². The average molecular weight is 263 g/mol. The van der Waals surface area contributed by atoms with Crippen molar-refractivity contribution in [1.82, 2.24) is 15.0 Å². The monoisotopic (exact) mass is 263 g/mol. The van der Waals surface area contributed by atoms with Gasteiger partial charge in [0.05, 0.1) is 25.2 Å². The zero-order valence-corrected chi connectivity index (χ0v) is 10.8. The summed E-state index contributed by atoms with van der Waals surface area (Å²) in [6.07, 6.45) is 3.96. The molecule has 0 spiro atoms. The standard InChI is InChI=1S/C12H13N3O4/c1-7-10(12(16)17-3)14-6-9(15-7)19-8(2)11-13-4-5-18-11/h4-6,8H,1-3H3. The summed E-state index contributed by atoms with van der Waals surface area (Å²) in [6.45, 7) is 3.43. The lowest BCUT2D eigenvalue weighted by atomic mass is 10.3. The summed E-state index contributed by atoms with van der Waals surface area (Å²) in [7, 11) is 1.29. The number of methoxy groups -OCH3 is 1. The molecule has 2 aromatic heterocycles. The minimum Gasteiger partial charge on any atom is -0.464 e. The smallest absolute Gasteiger partial charge is 0.358 e. The number of aryl methyl sites for hydroxylation is 1. The summed E-state index contributed by atoms with van der Waals surface area (Å²) in [5.41, 5.74) is 0.600. The number of ether oxygens (including phenoxy) is 2. The fourth-order valence-corrected chi connectivity index (χ4v) is 1.48. The van der Waals surface area contributed by atoms with E-state index >= 15 is 0 Å². The fraction of sp³-hybridized carbons (Fsp3) is 0.333. The van der Waals surface area contributed by atoms with E-state index < -0.39 is 12.1 Å². The number of hydrogen-bond acceptors (Lipinski definition) is 7. The lowest BCUT2D eigenvalue weighted by Crippen LogP contribution is -2.10. The second kappa shape index (κ2) is 5.47. The second-order valence-corrected chi connectivity index (χ2v) is 3.76. The molecule has 0 saturated heterocycles. The van der Waals surface area contributed by atoms with Gasteiger partial charge in [-0.15, -0.1) is 0 Å². The molecular weight excluding hydrogens is 250 g/mol. The molecule has 0 radical (unpaired) electrons. The van der Waals surface area contributed by atoms with Gasteiger partial charge in [0.25, 0.3) is 0 Å². The first-order valence-electron chi connectivity index (χ1n) is 5.60. The molecule has 0 amide bonds. The molecule has 7 heteroatoms. The molecule has 2 aromatic rings. The summed E-state index contributed by atoms with van der Waals surface area (Å²) in [4.78, 5) is 23.5. The zero-order chi connectivity index (χ0) is 13.8. The first-order chi connectivity index (χ1) is 9.11. The molecule has 2 heterocycles. The van der Waals surface area contributed by atoms with Crippen LogP contribution in [0.15, 0.2) is 23.1 Å². The molecule has 0 bridgehead atoms. The Kier molecular flexibility index (Phi) is 3.74. The summed E-state index contributed by atoms with van der Waals surface area (Å²) in [5.74, 6) is 0.199. The Labute approximate surface area is 109 Å². The molecule has 0 fully saturated rings. The number of esters is 1. The molecule has 1 unspecified atom stereocenters. The van der Waals surface area contributed by atoms with Gasteiger partial charge in [0, 0.05) is 0 Å². The van der Waals surface area contributed by atoms with Crippen LogP contribution in [-0.4, -0.2) is 28.0 Å². The van der Waals surface area contributed by atoms with E-state index in [2.05, 4.69) is 19.7 Å². The minimum absolute atomic E-state index is 0.165. The fourth-order valence-electron chi connectivity index (χ4n) is 1.48. The van der Waals surface area contributed by atoms with E-state index in [1.807, 2.05) is 0 Å². The van der Waals surface area contributed by atoms with Crippen LogP contribution in [0, 0.1) is 6.92 Å². The van der Waals surface area contributed by atoms with Gasteiger partial charge in [-0.1, -0.05) is 0 Å². The van der Waals surface area contributed by atoms with Gasteiger partial charge in [0.15, 0.2) is 11.8 Å². The number of carbonyl (C=O) groups is 1. The van der Waals surface area contributed by atoms with E-state index in [1.165, 1.54) is 25.8 Å². The van der Waals surface area contributed by atoms with Crippen molar-refractivity contribution >= 4 is 5.97 Å².